The van der Waals surface area contributed by atoms with Gasteiger partial charge in [0, 0.05) is 36.9 Å². The molecule has 1 aliphatic rings. The molecule has 3 rings (SSSR count). The van der Waals surface area contributed by atoms with E-state index in [1.807, 2.05) is 18.2 Å². The van der Waals surface area contributed by atoms with Crippen molar-refractivity contribution >= 4 is 44.9 Å². The van der Waals surface area contributed by atoms with Gasteiger partial charge in [0.05, 0.1) is 5.02 Å². The predicted octanol–water partition coefficient (Wildman–Crippen LogP) is 3.53. The van der Waals surface area contributed by atoms with Crippen LogP contribution in [0.15, 0.2) is 53.4 Å². The van der Waals surface area contributed by atoms with Crippen molar-refractivity contribution in [1.82, 2.24) is 9.21 Å². The Labute approximate surface area is 162 Å². The van der Waals surface area contributed by atoms with Crippen LogP contribution in [-0.2, 0) is 10.0 Å². The molecule has 6 nitrogen and oxygen atoms in total. The number of piperazine rings is 1. The molecule has 2 aromatic rings. The van der Waals surface area contributed by atoms with E-state index >= 15 is 0 Å². The summed E-state index contributed by atoms with van der Waals surface area (Å²) < 4.78 is 26.9. The number of rotatable bonds is 3. The Hall–Kier alpha value is -1.80. The molecule has 26 heavy (non-hydrogen) atoms. The largest absolute Gasteiger partial charge is 0.322 e. The van der Waals surface area contributed by atoms with Crippen molar-refractivity contribution in [3.8, 4) is 0 Å². The fourth-order valence-electron chi connectivity index (χ4n) is 2.67. The van der Waals surface area contributed by atoms with Crippen molar-refractivity contribution in [2.24, 2.45) is 0 Å². The van der Waals surface area contributed by atoms with E-state index in [1.54, 1.807) is 17.0 Å². The summed E-state index contributed by atoms with van der Waals surface area (Å²) in [5, 5.41) is 3.22. The topological polar surface area (TPSA) is 69.7 Å². The number of carbonyl (C=O) groups excluding carboxylic acids is 1. The summed E-state index contributed by atoms with van der Waals surface area (Å²) in [6.07, 6.45) is 0. The van der Waals surface area contributed by atoms with Gasteiger partial charge in [-0.1, -0.05) is 41.4 Å². The van der Waals surface area contributed by atoms with E-state index in [1.165, 1.54) is 22.5 Å². The van der Waals surface area contributed by atoms with Crippen LogP contribution in [0, 0.1) is 0 Å². The molecule has 0 radical (unpaired) electrons. The maximum atomic E-state index is 12.8. The number of anilines is 1. The number of benzene rings is 2. The summed E-state index contributed by atoms with van der Waals surface area (Å²) >= 11 is 11.9. The van der Waals surface area contributed by atoms with Crippen molar-refractivity contribution < 1.29 is 13.2 Å². The number of carbonyl (C=O) groups is 1. The third-order valence-corrected chi connectivity index (χ3v) is 6.68. The van der Waals surface area contributed by atoms with Gasteiger partial charge >= 0.3 is 6.03 Å². The fourth-order valence-corrected chi connectivity index (χ4v) is 4.83. The van der Waals surface area contributed by atoms with E-state index in [4.69, 9.17) is 23.2 Å². The molecule has 138 valence electrons. The third kappa shape index (κ3) is 4.12. The Morgan fingerprint density at radius 2 is 1.62 bits per heavy atom. The number of nitrogens with one attached hydrogen (secondary N) is 1. The van der Waals surface area contributed by atoms with Crippen LogP contribution in [-0.4, -0.2) is 49.8 Å². The zero-order chi connectivity index (χ0) is 18.7. The van der Waals surface area contributed by atoms with Crippen molar-refractivity contribution in [1.29, 1.82) is 0 Å². The highest BCUT2D eigenvalue weighted by molar-refractivity contribution is 7.89. The number of hydrogen-bond donors (Lipinski definition) is 1. The lowest BCUT2D eigenvalue weighted by Gasteiger charge is -2.34. The Balaban J connectivity index is 1.66. The van der Waals surface area contributed by atoms with Gasteiger partial charge in [0.25, 0.3) is 0 Å². The van der Waals surface area contributed by atoms with E-state index < -0.39 is 10.0 Å². The van der Waals surface area contributed by atoms with Crippen LogP contribution >= 0.6 is 23.2 Å². The van der Waals surface area contributed by atoms with Gasteiger partial charge in [-0.2, -0.15) is 4.31 Å². The molecule has 0 aromatic heterocycles. The zero-order valence-electron chi connectivity index (χ0n) is 13.7. The van der Waals surface area contributed by atoms with E-state index in [-0.39, 0.29) is 42.1 Å². The lowest BCUT2D eigenvalue weighted by molar-refractivity contribution is 0.184. The van der Waals surface area contributed by atoms with E-state index in [9.17, 15) is 13.2 Å². The summed E-state index contributed by atoms with van der Waals surface area (Å²) in [5.74, 6) is 0. The average Bonchev–Trinajstić information content (AvgIpc) is 2.64. The van der Waals surface area contributed by atoms with E-state index in [2.05, 4.69) is 5.32 Å². The van der Waals surface area contributed by atoms with Gasteiger partial charge in [0.2, 0.25) is 10.0 Å². The SMILES string of the molecule is O=C(Nc1ccccc1)N1CCN(S(=O)(=O)c2cc(Cl)ccc2Cl)CC1. The number of hydrogen-bond acceptors (Lipinski definition) is 3. The second-order valence-electron chi connectivity index (χ2n) is 5.76. The standard InChI is InChI=1S/C17H17Cl2N3O3S/c18-13-6-7-15(19)16(12-13)26(24,25)22-10-8-21(9-11-22)17(23)20-14-4-2-1-3-5-14/h1-7,12H,8-11H2,(H,20,23). The normalized spacial score (nSPS) is 15.7. The predicted molar refractivity (Wildman–Crippen MR) is 102 cm³/mol. The molecule has 0 unspecified atom stereocenters. The highest BCUT2D eigenvalue weighted by Gasteiger charge is 2.31. The molecular formula is C17H17Cl2N3O3S. The molecular weight excluding hydrogens is 397 g/mol. The first-order valence-corrected chi connectivity index (χ1v) is 10.1. The van der Waals surface area contributed by atoms with Crippen LogP contribution in [0.25, 0.3) is 0 Å². The van der Waals surface area contributed by atoms with Gasteiger partial charge in [-0.25, -0.2) is 13.2 Å². The lowest BCUT2D eigenvalue weighted by atomic mass is 10.3. The van der Waals surface area contributed by atoms with Crippen LogP contribution in [0.3, 0.4) is 0 Å². The summed E-state index contributed by atoms with van der Waals surface area (Å²) in [5.41, 5.74) is 0.693. The molecule has 2 amide bonds. The molecule has 0 saturated carbocycles. The molecule has 0 bridgehead atoms. The fraction of sp³-hybridized carbons (Fsp3) is 0.235. The van der Waals surface area contributed by atoms with Crippen LogP contribution in [0.5, 0.6) is 0 Å². The minimum absolute atomic E-state index is 0.0196. The van der Waals surface area contributed by atoms with E-state index in [0.717, 1.165) is 0 Å². The van der Waals surface area contributed by atoms with Gasteiger partial charge in [0.15, 0.2) is 0 Å². The summed E-state index contributed by atoms with van der Waals surface area (Å²) in [6.45, 7) is 0.951. The quantitative estimate of drug-likeness (QED) is 0.836. The molecule has 1 heterocycles. The zero-order valence-corrected chi connectivity index (χ0v) is 16.1. The summed E-state index contributed by atoms with van der Waals surface area (Å²) in [7, 11) is -3.76. The van der Waals surface area contributed by atoms with Crippen molar-refractivity contribution in [3.05, 3.63) is 58.6 Å². The molecule has 0 atom stereocenters. The van der Waals surface area contributed by atoms with Crippen molar-refractivity contribution in [2.75, 3.05) is 31.5 Å². The second-order valence-corrected chi connectivity index (χ2v) is 8.51. The molecule has 1 N–H and O–H groups in total. The van der Waals surface area contributed by atoms with Gasteiger partial charge in [0.1, 0.15) is 4.90 Å². The average molecular weight is 414 g/mol. The molecule has 1 saturated heterocycles. The molecule has 2 aromatic carbocycles. The number of amides is 2. The molecule has 1 aliphatic heterocycles. The van der Waals surface area contributed by atoms with Gasteiger partial charge in [-0.15, -0.1) is 0 Å². The second kappa shape index (κ2) is 7.84. The van der Waals surface area contributed by atoms with Crippen LogP contribution in [0.4, 0.5) is 10.5 Å². The first-order valence-electron chi connectivity index (χ1n) is 7.94. The molecule has 1 fully saturated rings. The van der Waals surface area contributed by atoms with Crippen LogP contribution in [0.2, 0.25) is 10.0 Å². The highest BCUT2D eigenvalue weighted by atomic mass is 35.5. The number of nitrogens with zero attached hydrogens (tertiary/aromatic N) is 2. The third-order valence-electron chi connectivity index (χ3n) is 4.06. The number of urea groups is 1. The van der Waals surface area contributed by atoms with E-state index in [0.29, 0.717) is 10.7 Å². The van der Waals surface area contributed by atoms with Crippen LogP contribution in [0.1, 0.15) is 0 Å². The highest BCUT2D eigenvalue weighted by Crippen LogP contribution is 2.28. The van der Waals surface area contributed by atoms with Gasteiger partial charge in [-0.05, 0) is 30.3 Å². The minimum atomic E-state index is -3.76. The summed E-state index contributed by atoms with van der Waals surface area (Å²) in [4.78, 5) is 13.9. The molecule has 0 spiro atoms. The van der Waals surface area contributed by atoms with Crippen LogP contribution < -0.4 is 5.32 Å². The maximum absolute atomic E-state index is 12.8. The van der Waals surface area contributed by atoms with Crippen molar-refractivity contribution in [3.63, 3.8) is 0 Å². The number of para-hydroxylation sites is 1. The van der Waals surface area contributed by atoms with Gasteiger partial charge < -0.3 is 10.2 Å². The first kappa shape index (κ1) is 19.0. The Morgan fingerprint density at radius 1 is 0.962 bits per heavy atom. The minimum Gasteiger partial charge on any atom is -0.322 e. The monoisotopic (exact) mass is 413 g/mol. The van der Waals surface area contributed by atoms with Crippen molar-refractivity contribution in [2.45, 2.75) is 4.90 Å². The lowest BCUT2D eigenvalue weighted by Crippen LogP contribution is -2.51. The number of halogens is 2. The first-order chi connectivity index (χ1) is 12.4. The smallest absolute Gasteiger partial charge is 0.321 e. The maximum Gasteiger partial charge on any atom is 0.321 e. The summed E-state index contributed by atoms with van der Waals surface area (Å²) in [6, 6.07) is 13.2. The molecule has 9 heteroatoms. The Bertz CT molecular complexity index is 899. The van der Waals surface area contributed by atoms with Gasteiger partial charge in [-0.3, -0.25) is 0 Å². The Morgan fingerprint density at radius 3 is 2.27 bits per heavy atom. The Kier molecular flexibility index (Phi) is 5.72. The molecule has 0 aliphatic carbocycles. The number of sulfonamides is 1.